The Morgan fingerprint density at radius 3 is 2.17 bits per heavy atom. The molecule has 0 aliphatic rings. The zero-order valence-electron chi connectivity index (χ0n) is 11.9. The Bertz CT molecular complexity index is 415. The molecule has 3 heteroatoms. The second-order valence-corrected chi connectivity index (χ2v) is 5.23. The lowest BCUT2D eigenvalue weighted by atomic mass is 9.99. The number of hydrogen-bond donors (Lipinski definition) is 2. The molecule has 18 heavy (non-hydrogen) atoms. The molecule has 1 aromatic carbocycles. The summed E-state index contributed by atoms with van der Waals surface area (Å²) in [6.45, 7) is 9.56. The third-order valence-corrected chi connectivity index (χ3v) is 2.98. The maximum absolute atomic E-state index is 12.2. The molecule has 100 valence electrons. The maximum Gasteiger partial charge on any atom is 0.252 e. The van der Waals surface area contributed by atoms with Crippen LogP contribution in [-0.4, -0.2) is 23.2 Å². The molecule has 0 fully saturated rings. The van der Waals surface area contributed by atoms with Gasteiger partial charge in [-0.15, -0.1) is 0 Å². The van der Waals surface area contributed by atoms with Crippen molar-refractivity contribution < 1.29 is 9.90 Å². The van der Waals surface area contributed by atoms with E-state index in [0.717, 1.165) is 16.7 Å². The first-order chi connectivity index (χ1) is 8.31. The van der Waals surface area contributed by atoms with E-state index in [-0.39, 0.29) is 11.9 Å². The fraction of sp³-hybridized carbons (Fsp3) is 0.533. The molecule has 0 heterocycles. The minimum atomic E-state index is -0.402. The summed E-state index contributed by atoms with van der Waals surface area (Å²) in [5.74, 6) is -0.0573. The van der Waals surface area contributed by atoms with Crippen LogP contribution in [0.3, 0.4) is 0 Å². The number of aliphatic hydroxyl groups is 1. The molecule has 0 spiro atoms. The van der Waals surface area contributed by atoms with Crippen LogP contribution in [0.15, 0.2) is 12.1 Å². The SMILES string of the molecule is Cc1cc(C)c(C(=O)NC(C)CC(C)O)c(C)c1. The molecule has 0 radical (unpaired) electrons. The van der Waals surface area contributed by atoms with Crippen LogP contribution in [-0.2, 0) is 0 Å². The molecule has 3 nitrogen and oxygen atoms in total. The van der Waals surface area contributed by atoms with Gasteiger partial charge in [0.2, 0.25) is 0 Å². The van der Waals surface area contributed by atoms with Crippen LogP contribution in [0.1, 0.15) is 47.3 Å². The van der Waals surface area contributed by atoms with Crippen LogP contribution in [0.5, 0.6) is 0 Å². The molecular weight excluding hydrogens is 226 g/mol. The number of aryl methyl sites for hydroxylation is 3. The predicted molar refractivity (Wildman–Crippen MR) is 73.9 cm³/mol. The van der Waals surface area contributed by atoms with E-state index in [0.29, 0.717) is 6.42 Å². The molecule has 2 atom stereocenters. The first-order valence-electron chi connectivity index (χ1n) is 6.38. The van der Waals surface area contributed by atoms with Gasteiger partial charge >= 0.3 is 0 Å². The van der Waals surface area contributed by atoms with Crippen molar-refractivity contribution in [2.24, 2.45) is 0 Å². The second kappa shape index (κ2) is 6.01. The molecule has 0 aliphatic carbocycles. The van der Waals surface area contributed by atoms with E-state index >= 15 is 0 Å². The van der Waals surface area contributed by atoms with Crippen molar-refractivity contribution in [2.75, 3.05) is 0 Å². The number of amides is 1. The summed E-state index contributed by atoms with van der Waals surface area (Å²) in [6, 6.07) is 4.00. The van der Waals surface area contributed by atoms with Crippen molar-refractivity contribution in [3.8, 4) is 0 Å². The fourth-order valence-corrected chi connectivity index (χ4v) is 2.40. The van der Waals surface area contributed by atoms with Crippen molar-refractivity contribution in [1.29, 1.82) is 0 Å². The van der Waals surface area contributed by atoms with E-state index in [1.807, 2.05) is 39.8 Å². The van der Waals surface area contributed by atoms with Crippen LogP contribution in [0.25, 0.3) is 0 Å². The van der Waals surface area contributed by atoms with Gasteiger partial charge in [0.15, 0.2) is 0 Å². The number of rotatable bonds is 4. The van der Waals surface area contributed by atoms with Gasteiger partial charge in [0.05, 0.1) is 6.10 Å². The summed E-state index contributed by atoms with van der Waals surface area (Å²) in [4.78, 5) is 12.2. The Morgan fingerprint density at radius 1 is 1.22 bits per heavy atom. The molecule has 1 aromatic rings. The van der Waals surface area contributed by atoms with Gasteiger partial charge in [-0.1, -0.05) is 17.7 Å². The number of hydrogen-bond acceptors (Lipinski definition) is 2. The third kappa shape index (κ3) is 3.84. The number of carbonyl (C=O) groups is 1. The van der Waals surface area contributed by atoms with Gasteiger partial charge in [-0.2, -0.15) is 0 Å². The molecular formula is C15H23NO2. The van der Waals surface area contributed by atoms with E-state index in [2.05, 4.69) is 5.32 Å². The quantitative estimate of drug-likeness (QED) is 0.861. The Morgan fingerprint density at radius 2 is 1.72 bits per heavy atom. The highest BCUT2D eigenvalue weighted by Crippen LogP contribution is 2.16. The third-order valence-electron chi connectivity index (χ3n) is 2.98. The summed E-state index contributed by atoms with van der Waals surface area (Å²) in [5.41, 5.74) is 3.90. The average molecular weight is 249 g/mol. The summed E-state index contributed by atoms with van der Waals surface area (Å²) in [7, 11) is 0. The van der Waals surface area contributed by atoms with Gasteiger partial charge in [0, 0.05) is 11.6 Å². The van der Waals surface area contributed by atoms with Crippen LogP contribution in [0.2, 0.25) is 0 Å². The molecule has 1 amide bonds. The summed E-state index contributed by atoms with van der Waals surface area (Å²) in [6.07, 6.45) is 0.163. The largest absolute Gasteiger partial charge is 0.393 e. The fourth-order valence-electron chi connectivity index (χ4n) is 2.40. The number of aliphatic hydroxyl groups excluding tert-OH is 1. The van der Waals surface area contributed by atoms with Gasteiger partial charge in [-0.25, -0.2) is 0 Å². The van der Waals surface area contributed by atoms with E-state index < -0.39 is 6.10 Å². The molecule has 0 aromatic heterocycles. The van der Waals surface area contributed by atoms with Gasteiger partial charge in [0.1, 0.15) is 0 Å². The number of nitrogens with one attached hydrogen (secondary N) is 1. The van der Waals surface area contributed by atoms with Crippen LogP contribution in [0.4, 0.5) is 0 Å². The van der Waals surface area contributed by atoms with Crippen molar-refractivity contribution in [3.05, 3.63) is 34.4 Å². The van der Waals surface area contributed by atoms with Crippen molar-refractivity contribution in [1.82, 2.24) is 5.32 Å². The standard InChI is InChI=1S/C15H23NO2/c1-9-6-10(2)14(11(3)7-9)15(18)16-12(4)8-13(5)17/h6-7,12-13,17H,8H2,1-5H3,(H,16,18). The molecule has 0 saturated heterocycles. The average Bonchev–Trinajstić information content (AvgIpc) is 2.12. The maximum atomic E-state index is 12.2. The topological polar surface area (TPSA) is 49.3 Å². The predicted octanol–water partition coefficient (Wildman–Crippen LogP) is 2.50. The Balaban J connectivity index is 2.85. The van der Waals surface area contributed by atoms with Gasteiger partial charge in [0.25, 0.3) is 5.91 Å². The monoisotopic (exact) mass is 249 g/mol. The molecule has 1 rings (SSSR count). The lowest BCUT2D eigenvalue weighted by molar-refractivity contribution is 0.0922. The van der Waals surface area contributed by atoms with Gasteiger partial charge in [-0.3, -0.25) is 4.79 Å². The molecule has 2 N–H and O–H groups in total. The van der Waals surface area contributed by atoms with Gasteiger partial charge < -0.3 is 10.4 Å². The minimum absolute atomic E-state index is 0.0300. The minimum Gasteiger partial charge on any atom is -0.393 e. The Labute approximate surface area is 109 Å². The first-order valence-corrected chi connectivity index (χ1v) is 6.38. The zero-order valence-corrected chi connectivity index (χ0v) is 11.9. The molecule has 2 unspecified atom stereocenters. The normalized spacial score (nSPS) is 14.1. The molecule has 0 aliphatic heterocycles. The van der Waals surface area contributed by atoms with Gasteiger partial charge in [-0.05, 0) is 52.2 Å². The summed E-state index contributed by atoms with van der Waals surface area (Å²) < 4.78 is 0. The first kappa shape index (κ1) is 14.7. The highest BCUT2D eigenvalue weighted by Gasteiger charge is 2.15. The molecule has 0 saturated carbocycles. The van der Waals surface area contributed by atoms with Crippen molar-refractivity contribution in [2.45, 2.75) is 53.2 Å². The van der Waals surface area contributed by atoms with Crippen molar-refractivity contribution in [3.63, 3.8) is 0 Å². The smallest absolute Gasteiger partial charge is 0.252 e. The van der Waals surface area contributed by atoms with E-state index in [1.165, 1.54) is 5.56 Å². The molecule has 0 bridgehead atoms. The van der Waals surface area contributed by atoms with Crippen LogP contribution in [0, 0.1) is 20.8 Å². The lowest BCUT2D eigenvalue weighted by Gasteiger charge is -2.17. The Kier molecular flexibility index (Phi) is 4.91. The van der Waals surface area contributed by atoms with E-state index in [1.54, 1.807) is 6.92 Å². The van der Waals surface area contributed by atoms with Crippen molar-refractivity contribution >= 4 is 5.91 Å². The van der Waals surface area contributed by atoms with Crippen LogP contribution < -0.4 is 5.32 Å². The summed E-state index contributed by atoms with van der Waals surface area (Å²) >= 11 is 0. The summed E-state index contributed by atoms with van der Waals surface area (Å²) in [5, 5.41) is 12.2. The second-order valence-electron chi connectivity index (χ2n) is 5.23. The Hall–Kier alpha value is -1.35. The number of benzene rings is 1. The highest BCUT2D eigenvalue weighted by molar-refractivity contribution is 5.97. The highest BCUT2D eigenvalue weighted by atomic mass is 16.3. The lowest BCUT2D eigenvalue weighted by Crippen LogP contribution is -2.35. The number of carbonyl (C=O) groups excluding carboxylic acids is 1. The van der Waals surface area contributed by atoms with Crippen LogP contribution >= 0.6 is 0 Å². The zero-order chi connectivity index (χ0) is 13.9. The van der Waals surface area contributed by atoms with E-state index in [4.69, 9.17) is 0 Å². The van der Waals surface area contributed by atoms with E-state index in [9.17, 15) is 9.90 Å².